The summed E-state index contributed by atoms with van der Waals surface area (Å²) in [5.74, 6) is 7.65. The van der Waals surface area contributed by atoms with Gasteiger partial charge >= 0.3 is 106 Å². The van der Waals surface area contributed by atoms with Crippen LogP contribution in [0.3, 0.4) is 0 Å². The molecule has 0 unspecified atom stereocenters. The van der Waals surface area contributed by atoms with Gasteiger partial charge in [0.1, 0.15) is 0 Å². The summed E-state index contributed by atoms with van der Waals surface area (Å²) < 4.78 is 0. The molecule has 0 aliphatic rings. The number of hydrogen-bond acceptors (Lipinski definition) is 0. The molecule has 0 atom stereocenters. The summed E-state index contributed by atoms with van der Waals surface area (Å²) in [7, 11) is 0. The third kappa shape index (κ3) is 26.5. The van der Waals surface area contributed by atoms with Crippen molar-refractivity contribution in [3.8, 4) is 0 Å². The summed E-state index contributed by atoms with van der Waals surface area (Å²) in [4.78, 5) is 0. The van der Waals surface area contributed by atoms with Crippen molar-refractivity contribution in [2.75, 3.05) is 0 Å². The summed E-state index contributed by atoms with van der Waals surface area (Å²) in [5, 5.41) is 1.58. The average Bonchev–Trinajstić information content (AvgIpc) is 2.62. The van der Waals surface area contributed by atoms with Gasteiger partial charge in [0.05, 0.1) is 0 Å². The zero-order valence-corrected chi connectivity index (χ0v) is 21.9. The molecule has 0 aromatic heterocycles. The Bertz CT molecular complexity index is 266. The summed E-state index contributed by atoms with van der Waals surface area (Å²) in [6.07, 6.45) is 30.6. The van der Waals surface area contributed by atoms with E-state index in [1.807, 2.05) is 0 Å². The molecule has 0 spiro atoms. The van der Waals surface area contributed by atoms with E-state index in [4.69, 9.17) is 0 Å². The molecular weight excluding hydrogens is 385 g/mol. The SMILES string of the molecule is [CH2]CCCCCCCCCCCCCCCCCCCCC[CH2][Ge]([CH3])([CH3])[CH3]. The molecule has 1 radical (unpaired) electrons. The molecule has 0 amide bonds. The summed E-state index contributed by atoms with van der Waals surface area (Å²) in [6.45, 7) is 3.91. The fraction of sp³-hybridized carbons (Fsp3) is 0.962. The molecule has 0 aromatic rings. The van der Waals surface area contributed by atoms with E-state index in [2.05, 4.69) is 24.2 Å². The second-order valence-corrected chi connectivity index (χ2v) is 22.0. The van der Waals surface area contributed by atoms with Gasteiger partial charge in [-0.3, -0.25) is 0 Å². The fourth-order valence-corrected chi connectivity index (χ4v) is 6.76. The van der Waals surface area contributed by atoms with Crippen LogP contribution in [0.15, 0.2) is 0 Å². The first-order valence-corrected chi connectivity index (χ1v) is 20.6. The fourth-order valence-electron chi connectivity index (χ4n) is 4.01. The molecule has 0 aliphatic carbocycles. The Morgan fingerprint density at radius 3 is 0.815 bits per heavy atom. The predicted molar refractivity (Wildman–Crippen MR) is 130 cm³/mol. The number of hydrogen-bond donors (Lipinski definition) is 0. The van der Waals surface area contributed by atoms with Gasteiger partial charge in [0.2, 0.25) is 0 Å². The molecule has 0 N–H and O–H groups in total. The second kappa shape index (κ2) is 21.3. The van der Waals surface area contributed by atoms with Crippen molar-refractivity contribution < 1.29 is 0 Å². The van der Waals surface area contributed by atoms with Crippen molar-refractivity contribution in [1.82, 2.24) is 0 Å². The molecule has 27 heavy (non-hydrogen) atoms. The Morgan fingerprint density at radius 1 is 0.370 bits per heavy atom. The van der Waals surface area contributed by atoms with Gasteiger partial charge in [0, 0.05) is 0 Å². The Hall–Kier alpha value is 0.543. The zero-order chi connectivity index (χ0) is 20.1. The maximum absolute atomic E-state index is 3.91. The molecule has 0 aliphatic heterocycles. The third-order valence-electron chi connectivity index (χ3n) is 5.93. The van der Waals surface area contributed by atoms with E-state index >= 15 is 0 Å². The van der Waals surface area contributed by atoms with Crippen LogP contribution < -0.4 is 0 Å². The quantitative estimate of drug-likeness (QED) is 0.116. The van der Waals surface area contributed by atoms with E-state index in [1.165, 1.54) is 128 Å². The average molecular weight is 440 g/mol. The Labute approximate surface area is 177 Å². The van der Waals surface area contributed by atoms with Gasteiger partial charge in [-0.15, -0.1) is 0 Å². The van der Waals surface area contributed by atoms with Gasteiger partial charge in [0.15, 0.2) is 0 Å². The molecule has 0 fully saturated rings. The first-order chi connectivity index (χ1) is 13.1. The maximum atomic E-state index is 3.91. The number of rotatable bonds is 22. The molecule has 0 rings (SSSR count). The van der Waals surface area contributed by atoms with E-state index in [1.54, 1.807) is 5.25 Å². The van der Waals surface area contributed by atoms with E-state index in [0.29, 0.717) is 0 Å². The van der Waals surface area contributed by atoms with Crippen LogP contribution in [0.4, 0.5) is 0 Å². The Balaban J connectivity index is 3.01. The van der Waals surface area contributed by atoms with Crippen LogP contribution in [0, 0.1) is 6.92 Å². The molecule has 1 heteroatoms. The van der Waals surface area contributed by atoms with Crippen LogP contribution in [0.5, 0.6) is 0 Å². The van der Waals surface area contributed by atoms with Gasteiger partial charge < -0.3 is 0 Å². The normalized spacial score (nSPS) is 12.0. The monoisotopic (exact) mass is 441 g/mol. The van der Waals surface area contributed by atoms with Crippen LogP contribution in [-0.2, 0) is 0 Å². The van der Waals surface area contributed by atoms with Crippen molar-refractivity contribution >= 4 is 13.3 Å². The molecule has 0 bridgehead atoms. The second-order valence-electron chi connectivity index (χ2n) is 10.2. The standard InChI is InChI=1S/C26H55Ge/c1-5-6-7-8-9-10-11-12-13-14-15-16-17-18-19-20-21-22-23-24-25-26-27(2,3)4/h1,5-26H2,2-4H3. The van der Waals surface area contributed by atoms with Crippen molar-refractivity contribution in [2.24, 2.45) is 0 Å². The van der Waals surface area contributed by atoms with E-state index < -0.39 is 13.3 Å². The Kier molecular flexibility index (Phi) is 21.7. The first-order valence-electron chi connectivity index (χ1n) is 12.9. The van der Waals surface area contributed by atoms with Crippen LogP contribution in [0.2, 0.25) is 22.5 Å². The van der Waals surface area contributed by atoms with E-state index in [0.717, 1.165) is 6.42 Å². The molecule has 0 aromatic carbocycles. The van der Waals surface area contributed by atoms with E-state index in [9.17, 15) is 0 Å². The summed E-state index contributed by atoms with van der Waals surface area (Å²) in [6, 6.07) is 0. The molecule has 0 heterocycles. The molecule has 0 saturated heterocycles. The molecule has 0 saturated carbocycles. The van der Waals surface area contributed by atoms with E-state index in [-0.39, 0.29) is 0 Å². The van der Waals surface area contributed by atoms with Gasteiger partial charge in [-0.1, -0.05) is 71.1 Å². The first kappa shape index (κ1) is 27.5. The minimum atomic E-state index is -1.23. The molecule has 163 valence electrons. The van der Waals surface area contributed by atoms with Gasteiger partial charge in [-0.05, 0) is 0 Å². The summed E-state index contributed by atoms with van der Waals surface area (Å²) >= 11 is -1.23. The zero-order valence-electron chi connectivity index (χ0n) is 19.8. The summed E-state index contributed by atoms with van der Waals surface area (Å²) in [5.41, 5.74) is 0. The minimum absolute atomic E-state index is 1.12. The van der Waals surface area contributed by atoms with Gasteiger partial charge in [-0.25, -0.2) is 0 Å². The topological polar surface area (TPSA) is 0 Å². The Morgan fingerprint density at radius 2 is 0.593 bits per heavy atom. The molecular formula is C26H55Ge. The van der Waals surface area contributed by atoms with Crippen molar-refractivity contribution in [2.45, 2.75) is 157 Å². The predicted octanol–water partition coefficient (Wildman–Crippen LogP) is 10.4. The van der Waals surface area contributed by atoms with Crippen LogP contribution in [0.25, 0.3) is 0 Å². The van der Waals surface area contributed by atoms with Crippen LogP contribution in [0.1, 0.15) is 135 Å². The van der Waals surface area contributed by atoms with Gasteiger partial charge in [-0.2, -0.15) is 0 Å². The van der Waals surface area contributed by atoms with Crippen molar-refractivity contribution in [1.29, 1.82) is 0 Å². The van der Waals surface area contributed by atoms with Crippen LogP contribution in [-0.4, -0.2) is 13.3 Å². The molecule has 0 nitrogen and oxygen atoms in total. The van der Waals surface area contributed by atoms with Crippen LogP contribution >= 0.6 is 0 Å². The third-order valence-corrected chi connectivity index (χ3v) is 9.82. The van der Waals surface area contributed by atoms with Crippen molar-refractivity contribution in [3.63, 3.8) is 0 Å². The van der Waals surface area contributed by atoms with Gasteiger partial charge in [0.25, 0.3) is 0 Å². The van der Waals surface area contributed by atoms with Crippen molar-refractivity contribution in [3.05, 3.63) is 6.92 Å². The number of unbranched alkanes of at least 4 members (excludes halogenated alkanes) is 20.